The topological polar surface area (TPSA) is 29.6 Å². The lowest BCUT2D eigenvalue weighted by atomic mass is 10.0. The zero-order valence-corrected chi connectivity index (χ0v) is 9.55. The van der Waals surface area contributed by atoms with Crippen molar-refractivity contribution >= 4 is 5.78 Å². The number of benzene rings is 2. The highest BCUT2D eigenvalue weighted by atomic mass is 19.1. The fraction of sp³-hybridized carbons (Fsp3) is 0.133. The smallest absolute Gasteiger partial charge is 0.194 e. The van der Waals surface area contributed by atoms with Gasteiger partial charge in [-0.2, -0.15) is 0 Å². The molecule has 0 spiro atoms. The van der Waals surface area contributed by atoms with E-state index in [2.05, 4.69) is 0 Å². The molecule has 1 aliphatic heterocycles. The molecule has 3 rings (SSSR count). The molecule has 18 heavy (non-hydrogen) atoms. The van der Waals surface area contributed by atoms with Gasteiger partial charge in [-0.3, -0.25) is 4.79 Å². The molecule has 0 N–H and O–H groups in total. The Kier molecular flexibility index (Phi) is 2.68. The fourth-order valence-electron chi connectivity index (χ4n) is 2.02. The van der Waals surface area contributed by atoms with Crippen LogP contribution in [0.3, 0.4) is 0 Å². The van der Waals surface area contributed by atoms with E-state index >= 15 is 0 Å². The summed E-state index contributed by atoms with van der Waals surface area (Å²) in [6, 6.07) is 15.2. The number of rotatable bonds is 3. The molecule has 2 atom stereocenters. The second-order valence-corrected chi connectivity index (χ2v) is 4.26. The number of ether oxygens (including phenoxy) is 1. The standard InChI is InChI=1S/C15H11FO2/c16-12-8-4-7-11(9-12)14-15(18-14)13(17)10-5-2-1-3-6-10/h1-9,14-15H/t14-,15-/m0/s1. The molecule has 1 heterocycles. The average molecular weight is 242 g/mol. The van der Waals surface area contributed by atoms with E-state index < -0.39 is 6.10 Å². The molecule has 0 radical (unpaired) electrons. The Morgan fingerprint density at radius 2 is 1.83 bits per heavy atom. The summed E-state index contributed by atoms with van der Waals surface area (Å²) in [7, 11) is 0. The van der Waals surface area contributed by atoms with Crippen LogP contribution in [0.1, 0.15) is 22.0 Å². The minimum absolute atomic E-state index is 0.0511. The van der Waals surface area contributed by atoms with Gasteiger partial charge in [-0.05, 0) is 17.7 Å². The molecule has 0 aliphatic carbocycles. The highest BCUT2D eigenvalue weighted by Gasteiger charge is 2.46. The number of epoxide rings is 1. The summed E-state index contributed by atoms with van der Waals surface area (Å²) in [6.45, 7) is 0. The lowest BCUT2D eigenvalue weighted by molar-refractivity contribution is 0.0953. The normalized spacial score (nSPS) is 21.6. The van der Waals surface area contributed by atoms with Crippen LogP contribution in [0.25, 0.3) is 0 Å². The van der Waals surface area contributed by atoms with Crippen molar-refractivity contribution in [3.8, 4) is 0 Å². The molecule has 2 aromatic carbocycles. The monoisotopic (exact) mass is 242 g/mol. The zero-order valence-electron chi connectivity index (χ0n) is 9.55. The molecule has 90 valence electrons. The van der Waals surface area contributed by atoms with Crippen LogP contribution in [0, 0.1) is 5.82 Å². The Labute approximate surface area is 104 Å². The number of halogens is 1. The van der Waals surface area contributed by atoms with E-state index in [9.17, 15) is 9.18 Å². The van der Waals surface area contributed by atoms with Gasteiger partial charge >= 0.3 is 0 Å². The van der Waals surface area contributed by atoms with Gasteiger partial charge in [-0.1, -0.05) is 42.5 Å². The van der Waals surface area contributed by atoms with E-state index in [0.717, 1.165) is 0 Å². The van der Waals surface area contributed by atoms with E-state index in [0.29, 0.717) is 11.1 Å². The van der Waals surface area contributed by atoms with E-state index in [4.69, 9.17) is 4.74 Å². The van der Waals surface area contributed by atoms with Crippen LogP contribution in [0.5, 0.6) is 0 Å². The molecule has 0 amide bonds. The number of Topliss-reactive ketones (excluding diaryl/α,β-unsaturated/α-hetero) is 1. The number of hydrogen-bond acceptors (Lipinski definition) is 2. The van der Waals surface area contributed by atoms with Gasteiger partial charge in [0.25, 0.3) is 0 Å². The summed E-state index contributed by atoms with van der Waals surface area (Å²) in [4.78, 5) is 12.1. The van der Waals surface area contributed by atoms with Gasteiger partial charge in [0.1, 0.15) is 11.9 Å². The molecular weight excluding hydrogens is 231 g/mol. The Morgan fingerprint density at radius 3 is 2.56 bits per heavy atom. The van der Waals surface area contributed by atoms with Crippen LogP contribution >= 0.6 is 0 Å². The maximum atomic E-state index is 13.1. The largest absolute Gasteiger partial charge is 0.356 e. The molecule has 2 aromatic rings. The van der Waals surface area contributed by atoms with Crippen LogP contribution in [0.2, 0.25) is 0 Å². The molecule has 0 bridgehead atoms. The predicted molar refractivity (Wildman–Crippen MR) is 64.8 cm³/mol. The van der Waals surface area contributed by atoms with Crippen LogP contribution in [0.15, 0.2) is 54.6 Å². The number of ketones is 1. The van der Waals surface area contributed by atoms with Crippen molar-refractivity contribution in [1.82, 2.24) is 0 Å². The maximum Gasteiger partial charge on any atom is 0.194 e. The third-order valence-electron chi connectivity index (χ3n) is 2.99. The van der Waals surface area contributed by atoms with Crippen LogP contribution in [0.4, 0.5) is 4.39 Å². The van der Waals surface area contributed by atoms with Crippen molar-refractivity contribution in [3.63, 3.8) is 0 Å². The van der Waals surface area contributed by atoms with Gasteiger partial charge in [0.05, 0.1) is 0 Å². The van der Waals surface area contributed by atoms with Gasteiger partial charge < -0.3 is 4.74 Å². The molecule has 1 saturated heterocycles. The molecule has 2 nitrogen and oxygen atoms in total. The first kappa shape index (κ1) is 11.1. The Balaban J connectivity index is 1.77. The summed E-state index contributed by atoms with van der Waals surface area (Å²) in [5.41, 5.74) is 1.34. The third-order valence-corrected chi connectivity index (χ3v) is 2.99. The van der Waals surface area contributed by atoms with Gasteiger partial charge in [0, 0.05) is 5.56 Å². The van der Waals surface area contributed by atoms with Gasteiger partial charge in [0.2, 0.25) is 0 Å². The van der Waals surface area contributed by atoms with Crippen LogP contribution in [-0.2, 0) is 4.74 Å². The minimum atomic E-state index is -0.478. The predicted octanol–water partition coefficient (Wildman–Crippen LogP) is 3.15. The van der Waals surface area contributed by atoms with Crippen LogP contribution in [-0.4, -0.2) is 11.9 Å². The maximum absolute atomic E-state index is 13.1. The minimum Gasteiger partial charge on any atom is -0.356 e. The van der Waals surface area contributed by atoms with E-state index in [-0.39, 0.29) is 17.7 Å². The van der Waals surface area contributed by atoms with Crippen molar-refractivity contribution in [2.75, 3.05) is 0 Å². The summed E-state index contributed by atoms with van der Waals surface area (Å²) in [6.07, 6.45) is -0.789. The van der Waals surface area contributed by atoms with E-state index in [1.165, 1.54) is 12.1 Å². The quantitative estimate of drug-likeness (QED) is 0.611. The van der Waals surface area contributed by atoms with Gasteiger partial charge in [-0.15, -0.1) is 0 Å². The lowest BCUT2D eigenvalue weighted by Gasteiger charge is -1.97. The Hall–Kier alpha value is -2.00. The zero-order chi connectivity index (χ0) is 12.5. The SMILES string of the molecule is O=C(c1ccccc1)[C@@H]1O[C@H]1c1cccc(F)c1. The van der Waals surface area contributed by atoms with Crippen molar-refractivity contribution in [2.24, 2.45) is 0 Å². The number of carbonyl (C=O) groups is 1. The first-order valence-corrected chi connectivity index (χ1v) is 5.76. The second kappa shape index (κ2) is 4.35. The average Bonchev–Trinajstić information content (AvgIpc) is 3.19. The van der Waals surface area contributed by atoms with Crippen molar-refractivity contribution in [3.05, 3.63) is 71.5 Å². The Morgan fingerprint density at radius 1 is 1.06 bits per heavy atom. The summed E-state index contributed by atoms with van der Waals surface area (Å²) in [5.74, 6) is -0.362. The first-order valence-electron chi connectivity index (χ1n) is 5.76. The van der Waals surface area contributed by atoms with Gasteiger partial charge in [-0.25, -0.2) is 4.39 Å². The highest BCUT2D eigenvalue weighted by molar-refractivity contribution is 6.01. The second-order valence-electron chi connectivity index (χ2n) is 4.26. The fourth-order valence-corrected chi connectivity index (χ4v) is 2.02. The number of hydrogen-bond donors (Lipinski definition) is 0. The molecular formula is C15H11FO2. The molecule has 1 aliphatic rings. The van der Waals surface area contributed by atoms with Crippen molar-refractivity contribution < 1.29 is 13.9 Å². The summed E-state index contributed by atoms with van der Waals surface area (Å²) in [5, 5.41) is 0. The summed E-state index contributed by atoms with van der Waals surface area (Å²) < 4.78 is 18.4. The molecule has 0 unspecified atom stereocenters. The van der Waals surface area contributed by atoms with Crippen LogP contribution < -0.4 is 0 Å². The first-order chi connectivity index (χ1) is 8.75. The Bertz CT molecular complexity index is 580. The van der Waals surface area contributed by atoms with E-state index in [1.54, 1.807) is 24.3 Å². The molecule has 0 aromatic heterocycles. The van der Waals surface area contributed by atoms with Crippen molar-refractivity contribution in [1.29, 1.82) is 0 Å². The van der Waals surface area contributed by atoms with Gasteiger partial charge in [0.15, 0.2) is 11.9 Å². The van der Waals surface area contributed by atoms with E-state index in [1.807, 2.05) is 18.2 Å². The molecule has 0 saturated carbocycles. The van der Waals surface area contributed by atoms with Crippen molar-refractivity contribution in [2.45, 2.75) is 12.2 Å². The summed E-state index contributed by atoms with van der Waals surface area (Å²) >= 11 is 0. The lowest BCUT2D eigenvalue weighted by Crippen LogP contribution is -2.07. The third kappa shape index (κ3) is 2.05. The molecule has 1 fully saturated rings. The molecule has 3 heteroatoms. The highest BCUT2D eigenvalue weighted by Crippen LogP contribution is 2.40. The number of carbonyl (C=O) groups excluding carboxylic acids is 1.